The Bertz CT molecular complexity index is 349. The molecule has 0 amide bonds. The van der Waals surface area contributed by atoms with Crippen molar-refractivity contribution in [1.29, 1.82) is 0 Å². The highest BCUT2D eigenvalue weighted by Crippen LogP contribution is 2.16. The van der Waals surface area contributed by atoms with Crippen molar-refractivity contribution < 1.29 is 0 Å². The molecule has 0 fully saturated rings. The van der Waals surface area contributed by atoms with E-state index in [4.69, 9.17) is 0 Å². The van der Waals surface area contributed by atoms with Crippen LogP contribution in [0.2, 0.25) is 0 Å². The van der Waals surface area contributed by atoms with Crippen molar-refractivity contribution in [2.75, 3.05) is 18.5 Å². The Balaban J connectivity index is 2.87. The summed E-state index contributed by atoms with van der Waals surface area (Å²) in [4.78, 5) is 11.0. The summed E-state index contributed by atoms with van der Waals surface area (Å²) in [6.45, 7) is 10.2. The highest BCUT2D eigenvalue weighted by atomic mass is 15.2. The van der Waals surface area contributed by atoms with E-state index in [9.17, 15) is 0 Å². The molecule has 4 heteroatoms. The van der Waals surface area contributed by atoms with Gasteiger partial charge in [-0.1, -0.05) is 20.8 Å². The van der Waals surface area contributed by atoms with Crippen LogP contribution >= 0.6 is 0 Å². The van der Waals surface area contributed by atoms with E-state index in [-0.39, 0.29) is 0 Å². The van der Waals surface area contributed by atoms with Crippen LogP contribution in [-0.2, 0) is 6.54 Å². The summed E-state index contributed by atoms with van der Waals surface area (Å²) in [5, 5.41) is 3.41. The zero-order valence-electron chi connectivity index (χ0n) is 11.6. The second-order valence-electron chi connectivity index (χ2n) is 4.72. The molecule has 1 aromatic rings. The molecule has 0 radical (unpaired) electrons. The molecule has 0 bridgehead atoms. The topological polar surface area (TPSA) is 41.1 Å². The molecule has 0 saturated heterocycles. The Labute approximate surface area is 104 Å². The van der Waals surface area contributed by atoms with Crippen molar-refractivity contribution in [2.45, 2.75) is 46.7 Å². The minimum atomic E-state index is 0.473. The summed E-state index contributed by atoms with van der Waals surface area (Å²) in [5.41, 5.74) is 1.17. The number of nitrogens with one attached hydrogen (secondary N) is 1. The van der Waals surface area contributed by atoms with E-state index in [1.807, 2.05) is 13.1 Å². The van der Waals surface area contributed by atoms with Gasteiger partial charge in [-0.2, -0.15) is 0 Å². The first-order valence-corrected chi connectivity index (χ1v) is 6.31. The van der Waals surface area contributed by atoms with Gasteiger partial charge < -0.3 is 10.2 Å². The summed E-state index contributed by atoms with van der Waals surface area (Å²) < 4.78 is 0. The zero-order chi connectivity index (χ0) is 12.8. The maximum absolute atomic E-state index is 4.54. The summed E-state index contributed by atoms with van der Waals surface area (Å²) in [7, 11) is 2.09. The predicted molar refractivity (Wildman–Crippen MR) is 72.3 cm³/mol. The fourth-order valence-electron chi connectivity index (χ4n) is 1.69. The maximum Gasteiger partial charge on any atom is 0.136 e. The molecule has 0 atom stereocenters. The molecule has 0 aliphatic carbocycles. The van der Waals surface area contributed by atoms with Crippen molar-refractivity contribution in [2.24, 2.45) is 0 Å². The minimum Gasteiger partial charge on any atom is -0.359 e. The van der Waals surface area contributed by atoms with Crippen LogP contribution in [0.1, 0.15) is 38.6 Å². The Kier molecular flexibility index (Phi) is 5.35. The van der Waals surface area contributed by atoms with Crippen molar-refractivity contribution in [3.63, 3.8) is 0 Å². The van der Waals surface area contributed by atoms with Gasteiger partial charge in [0.25, 0.3) is 0 Å². The van der Waals surface area contributed by atoms with Gasteiger partial charge in [-0.3, -0.25) is 0 Å². The number of anilines is 1. The van der Waals surface area contributed by atoms with Crippen molar-refractivity contribution in [1.82, 2.24) is 15.3 Å². The smallest absolute Gasteiger partial charge is 0.136 e. The first-order valence-electron chi connectivity index (χ1n) is 6.31. The predicted octanol–water partition coefficient (Wildman–Crippen LogP) is 2.13. The monoisotopic (exact) mass is 236 g/mol. The molecule has 1 aromatic heterocycles. The van der Waals surface area contributed by atoms with Gasteiger partial charge in [-0.25, -0.2) is 9.97 Å². The summed E-state index contributed by atoms with van der Waals surface area (Å²) in [6, 6.07) is 0.473. The maximum atomic E-state index is 4.54. The standard InChI is InChI=1S/C13H24N4/c1-6-7-17(5)13-12(8-14-10(2)3)9-15-11(4)16-13/h9-10,14H,6-8H2,1-5H3. The van der Waals surface area contributed by atoms with E-state index < -0.39 is 0 Å². The molecule has 0 unspecified atom stereocenters. The second-order valence-corrected chi connectivity index (χ2v) is 4.72. The van der Waals surface area contributed by atoms with Crippen LogP contribution in [-0.4, -0.2) is 29.6 Å². The lowest BCUT2D eigenvalue weighted by atomic mass is 10.2. The number of aromatic nitrogens is 2. The third kappa shape index (κ3) is 4.30. The minimum absolute atomic E-state index is 0.473. The van der Waals surface area contributed by atoms with Crippen molar-refractivity contribution in [3.8, 4) is 0 Å². The Hall–Kier alpha value is -1.16. The summed E-state index contributed by atoms with van der Waals surface area (Å²) in [6.07, 6.45) is 3.05. The number of nitrogens with zero attached hydrogens (tertiary/aromatic N) is 3. The van der Waals surface area contributed by atoms with Gasteiger partial charge >= 0.3 is 0 Å². The molecule has 1 N–H and O–H groups in total. The summed E-state index contributed by atoms with van der Waals surface area (Å²) in [5.74, 6) is 1.88. The molecule has 0 spiro atoms. The molecule has 1 heterocycles. The number of hydrogen-bond acceptors (Lipinski definition) is 4. The lowest BCUT2D eigenvalue weighted by molar-refractivity contribution is 0.585. The Morgan fingerprint density at radius 1 is 1.41 bits per heavy atom. The molecule has 0 aliphatic heterocycles. The van der Waals surface area contributed by atoms with Crippen LogP contribution in [0.25, 0.3) is 0 Å². The second kappa shape index (κ2) is 6.55. The molecule has 0 aromatic carbocycles. The molecular formula is C13H24N4. The van der Waals surface area contributed by atoms with Gasteiger partial charge in [0.1, 0.15) is 11.6 Å². The first-order chi connectivity index (χ1) is 8.04. The highest BCUT2D eigenvalue weighted by molar-refractivity contribution is 5.45. The van der Waals surface area contributed by atoms with E-state index in [2.05, 4.69) is 48.0 Å². The average molecular weight is 236 g/mol. The van der Waals surface area contributed by atoms with Gasteiger partial charge in [0.15, 0.2) is 0 Å². The highest BCUT2D eigenvalue weighted by Gasteiger charge is 2.10. The molecule has 0 aliphatic rings. The largest absolute Gasteiger partial charge is 0.359 e. The van der Waals surface area contributed by atoms with E-state index in [0.717, 1.165) is 31.2 Å². The molecular weight excluding hydrogens is 212 g/mol. The lowest BCUT2D eigenvalue weighted by Crippen LogP contribution is -2.26. The fraction of sp³-hybridized carbons (Fsp3) is 0.692. The van der Waals surface area contributed by atoms with E-state index in [1.165, 1.54) is 5.56 Å². The number of aryl methyl sites for hydroxylation is 1. The van der Waals surface area contributed by atoms with Gasteiger partial charge in [-0.05, 0) is 13.3 Å². The van der Waals surface area contributed by atoms with E-state index >= 15 is 0 Å². The van der Waals surface area contributed by atoms with Crippen LogP contribution in [0.4, 0.5) is 5.82 Å². The first kappa shape index (κ1) is 13.9. The number of rotatable bonds is 6. The van der Waals surface area contributed by atoms with Crippen LogP contribution in [0, 0.1) is 6.92 Å². The normalized spacial score (nSPS) is 10.9. The van der Waals surface area contributed by atoms with Crippen LogP contribution in [0.3, 0.4) is 0 Å². The third-order valence-corrected chi connectivity index (χ3v) is 2.58. The van der Waals surface area contributed by atoms with Crippen molar-refractivity contribution >= 4 is 5.82 Å². The van der Waals surface area contributed by atoms with Gasteiger partial charge in [-0.15, -0.1) is 0 Å². The number of hydrogen-bond donors (Lipinski definition) is 1. The van der Waals surface area contributed by atoms with Crippen LogP contribution in [0.5, 0.6) is 0 Å². The molecule has 0 saturated carbocycles. The van der Waals surface area contributed by atoms with Crippen LogP contribution in [0.15, 0.2) is 6.20 Å². The van der Waals surface area contributed by atoms with Gasteiger partial charge in [0.05, 0.1) is 0 Å². The van der Waals surface area contributed by atoms with Crippen molar-refractivity contribution in [3.05, 3.63) is 17.6 Å². The van der Waals surface area contributed by atoms with Crippen LogP contribution < -0.4 is 10.2 Å². The Morgan fingerprint density at radius 2 is 2.12 bits per heavy atom. The molecule has 1 rings (SSSR count). The lowest BCUT2D eigenvalue weighted by Gasteiger charge is -2.21. The average Bonchev–Trinajstić information content (AvgIpc) is 2.27. The Morgan fingerprint density at radius 3 is 2.71 bits per heavy atom. The molecule has 96 valence electrons. The van der Waals surface area contributed by atoms with E-state index in [0.29, 0.717) is 6.04 Å². The third-order valence-electron chi connectivity index (χ3n) is 2.58. The summed E-state index contributed by atoms with van der Waals surface area (Å²) >= 11 is 0. The quantitative estimate of drug-likeness (QED) is 0.821. The molecule has 17 heavy (non-hydrogen) atoms. The van der Waals surface area contributed by atoms with Gasteiger partial charge in [0.2, 0.25) is 0 Å². The van der Waals surface area contributed by atoms with E-state index in [1.54, 1.807) is 0 Å². The SMILES string of the molecule is CCCN(C)c1nc(C)ncc1CNC(C)C. The fourth-order valence-corrected chi connectivity index (χ4v) is 1.69. The van der Waals surface area contributed by atoms with Gasteiger partial charge in [0, 0.05) is 37.9 Å². The molecule has 4 nitrogen and oxygen atoms in total. The zero-order valence-corrected chi connectivity index (χ0v) is 11.6.